The van der Waals surface area contributed by atoms with Crippen molar-refractivity contribution < 1.29 is 19.4 Å². The minimum Gasteiger partial charge on any atom is -0.507 e. The van der Waals surface area contributed by atoms with E-state index in [1.807, 2.05) is 37.4 Å². The van der Waals surface area contributed by atoms with E-state index in [0.717, 1.165) is 16.0 Å². The zero-order valence-electron chi connectivity index (χ0n) is 17.2. The zero-order valence-corrected chi connectivity index (χ0v) is 18.8. The van der Waals surface area contributed by atoms with Crippen LogP contribution in [-0.4, -0.2) is 23.9 Å². The summed E-state index contributed by atoms with van der Waals surface area (Å²) in [7, 11) is 1.51. The van der Waals surface area contributed by atoms with Crippen LogP contribution in [0, 0.1) is 13.8 Å². The third kappa shape index (κ3) is 3.62. The molecule has 2 aromatic carbocycles. The summed E-state index contributed by atoms with van der Waals surface area (Å²) < 4.78 is 5.51. The second kappa shape index (κ2) is 8.21. The van der Waals surface area contributed by atoms with E-state index in [0.29, 0.717) is 22.0 Å². The van der Waals surface area contributed by atoms with Gasteiger partial charge in [0.15, 0.2) is 0 Å². The molecule has 0 spiro atoms. The van der Waals surface area contributed by atoms with Gasteiger partial charge in [0, 0.05) is 15.6 Å². The van der Waals surface area contributed by atoms with Crippen LogP contribution in [0.1, 0.15) is 27.6 Å². The number of aliphatic hydroxyl groups is 1. The Kier molecular flexibility index (Phi) is 5.60. The molecule has 0 radical (unpaired) electrons. The van der Waals surface area contributed by atoms with Gasteiger partial charge in [-0.25, -0.2) is 0 Å². The van der Waals surface area contributed by atoms with Gasteiger partial charge in [-0.2, -0.15) is 0 Å². The summed E-state index contributed by atoms with van der Waals surface area (Å²) in [4.78, 5) is 28.4. The Morgan fingerprint density at radius 1 is 1.13 bits per heavy atom. The summed E-state index contributed by atoms with van der Waals surface area (Å²) in [6, 6.07) is 13.3. The highest BCUT2D eigenvalue weighted by Gasteiger charge is 2.47. The SMILES string of the molecule is COc1c(C)cc(C)cc1/C(O)=C1/C(=O)C(=O)N(c2ccc(Cl)cc2)C1c1cccs1. The van der Waals surface area contributed by atoms with Crippen molar-refractivity contribution in [2.75, 3.05) is 12.0 Å². The summed E-state index contributed by atoms with van der Waals surface area (Å²) in [5, 5.41) is 13.7. The lowest BCUT2D eigenvalue weighted by atomic mass is 9.96. The standard InChI is InChI=1S/C24H20ClNO4S/c1-13-11-14(2)23(30-3)17(12-13)21(27)19-20(18-5-4-10-31-18)26(24(29)22(19)28)16-8-6-15(25)7-9-16/h4-12,20,27H,1-3H3/b21-19-. The highest BCUT2D eigenvalue weighted by molar-refractivity contribution is 7.10. The number of benzene rings is 2. The number of thiophene rings is 1. The van der Waals surface area contributed by atoms with Gasteiger partial charge < -0.3 is 9.84 Å². The van der Waals surface area contributed by atoms with Crippen LogP contribution >= 0.6 is 22.9 Å². The van der Waals surface area contributed by atoms with Crippen LogP contribution < -0.4 is 9.64 Å². The van der Waals surface area contributed by atoms with Crippen molar-refractivity contribution in [3.8, 4) is 5.75 Å². The van der Waals surface area contributed by atoms with Crippen LogP contribution in [0.5, 0.6) is 5.75 Å². The molecule has 0 bridgehead atoms. The number of ether oxygens (including phenoxy) is 1. The molecule has 1 aliphatic rings. The van der Waals surface area contributed by atoms with E-state index in [1.165, 1.54) is 23.3 Å². The van der Waals surface area contributed by atoms with Crippen LogP contribution in [0.3, 0.4) is 0 Å². The smallest absolute Gasteiger partial charge is 0.300 e. The lowest BCUT2D eigenvalue weighted by molar-refractivity contribution is -0.132. The Hall–Kier alpha value is -3.09. The minimum atomic E-state index is -0.758. The van der Waals surface area contributed by atoms with Gasteiger partial charge >= 0.3 is 0 Å². The first-order valence-corrected chi connectivity index (χ1v) is 10.8. The molecule has 158 valence electrons. The fraction of sp³-hybridized carbons (Fsp3) is 0.167. The van der Waals surface area contributed by atoms with Crippen molar-refractivity contribution in [2.24, 2.45) is 0 Å². The van der Waals surface area contributed by atoms with E-state index in [2.05, 4.69) is 0 Å². The monoisotopic (exact) mass is 453 g/mol. The highest BCUT2D eigenvalue weighted by Crippen LogP contribution is 2.45. The van der Waals surface area contributed by atoms with Crippen molar-refractivity contribution in [2.45, 2.75) is 19.9 Å². The van der Waals surface area contributed by atoms with E-state index in [1.54, 1.807) is 30.3 Å². The van der Waals surface area contributed by atoms with Crippen LogP contribution in [0.2, 0.25) is 5.02 Å². The van der Waals surface area contributed by atoms with E-state index >= 15 is 0 Å². The number of nitrogens with zero attached hydrogens (tertiary/aromatic N) is 1. The van der Waals surface area contributed by atoms with Crippen molar-refractivity contribution in [1.29, 1.82) is 0 Å². The maximum absolute atomic E-state index is 13.2. The van der Waals surface area contributed by atoms with Crippen LogP contribution in [0.4, 0.5) is 5.69 Å². The second-order valence-corrected chi connectivity index (χ2v) is 8.74. The summed E-state index contributed by atoms with van der Waals surface area (Å²) in [5.41, 5.74) is 2.67. The number of ketones is 1. The van der Waals surface area contributed by atoms with Crippen molar-refractivity contribution in [3.05, 3.63) is 86.1 Å². The summed E-state index contributed by atoms with van der Waals surface area (Å²) >= 11 is 7.42. The molecule has 4 rings (SSSR count). The van der Waals surface area contributed by atoms with Gasteiger partial charge in [-0.1, -0.05) is 23.7 Å². The first kappa shape index (κ1) is 21.2. The fourth-order valence-electron chi connectivity index (χ4n) is 3.96. The molecule has 1 N–H and O–H groups in total. The lowest BCUT2D eigenvalue weighted by Crippen LogP contribution is -2.29. The molecule has 1 aliphatic heterocycles. The number of hydrogen-bond donors (Lipinski definition) is 1. The number of Topliss-reactive ketones (excluding diaryl/α,β-unsaturated/α-hetero) is 1. The van der Waals surface area contributed by atoms with E-state index in [4.69, 9.17) is 16.3 Å². The number of hydrogen-bond acceptors (Lipinski definition) is 5. The predicted octanol–water partition coefficient (Wildman–Crippen LogP) is 5.65. The first-order valence-electron chi connectivity index (χ1n) is 9.59. The van der Waals surface area contributed by atoms with Crippen LogP contribution in [0.15, 0.2) is 59.5 Å². The minimum absolute atomic E-state index is 0.0331. The molecule has 1 unspecified atom stereocenters. The molecule has 2 heterocycles. The largest absolute Gasteiger partial charge is 0.507 e. The van der Waals surface area contributed by atoms with Gasteiger partial charge in [-0.05, 0) is 66.8 Å². The average Bonchev–Trinajstić information content (AvgIpc) is 3.35. The Morgan fingerprint density at radius 2 is 1.84 bits per heavy atom. The van der Waals surface area contributed by atoms with Gasteiger partial charge in [0.05, 0.1) is 18.2 Å². The lowest BCUT2D eigenvalue weighted by Gasteiger charge is -2.24. The molecular formula is C24H20ClNO4S. The molecule has 31 heavy (non-hydrogen) atoms. The maximum Gasteiger partial charge on any atom is 0.300 e. The third-order valence-corrected chi connectivity index (χ3v) is 6.42. The number of anilines is 1. The van der Waals surface area contributed by atoms with Crippen molar-refractivity contribution in [3.63, 3.8) is 0 Å². The van der Waals surface area contributed by atoms with Crippen LogP contribution in [0.25, 0.3) is 5.76 Å². The second-order valence-electron chi connectivity index (χ2n) is 7.32. The highest BCUT2D eigenvalue weighted by atomic mass is 35.5. The summed E-state index contributed by atoms with van der Waals surface area (Å²) in [5.74, 6) is -1.24. The van der Waals surface area contributed by atoms with Crippen LogP contribution in [-0.2, 0) is 9.59 Å². The average molecular weight is 454 g/mol. The van der Waals surface area contributed by atoms with Gasteiger partial charge in [0.25, 0.3) is 11.7 Å². The molecule has 1 atom stereocenters. The summed E-state index contributed by atoms with van der Waals surface area (Å²) in [6.07, 6.45) is 0. The van der Waals surface area contributed by atoms with Gasteiger partial charge in [-0.15, -0.1) is 11.3 Å². The maximum atomic E-state index is 13.2. The van der Waals surface area contributed by atoms with Gasteiger partial charge in [0.1, 0.15) is 17.6 Å². The number of aryl methyl sites for hydroxylation is 2. The molecule has 1 fully saturated rings. The molecule has 5 nitrogen and oxygen atoms in total. The quantitative estimate of drug-likeness (QED) is 0.315. The predicted molar refractivity (Wildman–Crippen MR) is 123 cm³/mol. The van der Waals surface area contributed by atoms with Crippen molar-refractivity contribution >= 4 is 46.1 Å². The molecule has 7 heteroatoms. The van der Waals surface area contributed by atoms with E-state index in [-0.39, 0.29) is 11.3 Å². The number of carbonyl (C=O) groups is 2. The van der Waals surface area contributed by atoms with Gasteiger partial charge in [0.2, 0.25) is 0 Å². The molecule has 1 aromatic heterocycles. The van der Waals surface area contributed by atoms with Gasteiger partial charge in [-0.3, -0.25) is 14.5 Å². The number of rotatable bonds is 4. The Morgan fingerprint density at radius 3 is 2.45 bits per heavy atom. The molecule has 0 aliphatic carbocycles. The fourth-order valence-corrected chi connectivity index (χ4v) is 4.91. The molecule has 1 amide bonds. The number of halogens is 1. The Labute approximate surface area is 189 Å². The number of amides is 1. The zero-order chi connectivity index (χ0) is 22.3. The molecule has 3 aromatic rings. The Balaban J connectivity index is 1.97. The van der Waals surface area contributed by atoms with E-state index < -0.39 is 17.7 Å². The Bertz CT molecular complexity index is 1200. The number of methoxy groups -OCH3 is 1. The topological polar surface area (TPSA) is 66.8 Å². The van der Waals surface area contributed by atoms with Crippen molar-refractivity contribution in [1.82, 2.24) is 0 Å². The third-order valence-electron chi connectivity index (χ3n) is 5.24. The molecular weight excluding hydrogens is 434 g/mol. The number of aliphatic hydroxyl groups excluding tert-OH is 1. The first-order chi connectivity index (χ1) is 14.8. The molecule has 1 saturated heterocycles. The normalized spacial score (nSPS) is 17.9. The number of carbonyl (C=O) groups excluding carboxylic acids is 2. The summed E-state index contributed by atoms with van der Waals surface area (Å²) in [6.45, 7) is 3.76. The molecule has 0 saturated carbocycles. The van der Waals surface area contributed by atoms with E-state index in [9.17, 15) is 14.7 Å².